The predicted molar refractivity (Wildman–Crippen MR) is 76.0 cm³/mol. The van der Waals surface area contributed by atoms with Gasteiger partial charge in [0.1, 0.15) is 0 Å². The molecule has 0 radical (unpaired) electrons. The SMILES string of the molecule is CCC(C(C)(C)C)S(=O)(=O)C(CC)C(C)(C)C. The Morgan fingerprint density at radius 3 is 1.12 bits per heavy atom. The van der Waals surface area contributed by atoms with Crippen molar-refractivity contribution in [2.24, 2.45) is 10.8 Å². The summed E-state index contributed by atoms with van der Waals surface area (Å²) in [5, 5.41) is -0.502. The Hall–Kier alpha value is -0.0500. The van der Waals surface area contributed by atoms with Crippen LogP contribution >= 0.6 is 0 Å². The van der Waals surface area contributed by atoms with Crippen LogP contribution in [0.3, 0.4) is 0 Å². The molecular weight excluding hydrogens is 232 g/mol. The third kappa shape index (κ3) is 3.97. The van der Waals surface area contributed by atoms with E-state index in [1.54, 1.807) is 0 Å². The van der Waals surface area contributed by atoms with Crippen LogP contribution in [0, 0.1) is 10.8 Å². The molecule has 0 aliphatic heterocycles. The summed E-state index contributed by atoms with van der Waals surface area (Å²) in [6.07, 6.45) is 1.39. The summed E-state index contributed by atoms with van der Waals surface area (Å²) >= 11 is 0. The Morgan fingerprint density at radius 1 is 0.765 bits per heavy atom. The first-order valence-corrected chi connectivity index (χ1v) is 8.22. The van der Waals surface area contributed by atoms with Crippen LogP contribution < -0.4 is 0 Å². The van der Waals surface area contributed by atoms with Gasteiger partial charge in [0.25, 0.3) is 0 Å². The molecule has 104 valence electrons. The van der Waals surface area contributed by atoms with Gasteiger partial charge in [-0.1, -0.05) is 55.4 Å². The first kappa shape index (κ1) is 16.9. The molecule has 0 saturated carbocycles. The highest BCUT2D eigenvalue weighted by atomic mass is 32.2. The van der Waals surface area contributed by atoms with E-state index in [1.807, 2.05) is 55.4 Å². The second kappa shape index (κ2) is 5.29. The molecule has 17 heavy (non-hydrogen) atoms. The van der Waals surface area contributed by atoms with Crippen LogP contribution in [0.15, 0.2) is 0 Å². The summed E-state index contributed by atoms with van der Waals surface area (Å²) in [5.74, 6) is 0. The summed E-state index contributed by atoms with van der Waals surface area (Å²) in [4.78, 5) is 0. The Bertz CT molecular complexity index is 300. The molecule has 0 N–H and O–H groups in total. The smallest absolute Gasteiger partial charge is 0.157 e. The normalized spacial score (nSPS) is 17.9. The van der Waals surface area contributed by atoms with E-state index < -0.39 is 9.84 Å². The average Bonchev–Trinajstić information content (AvgIpc) is 1.98. The zero-order valence-electron chi connectivity index (χ0n) is 12.8. The fraction of sp³-hybridized carbons (Fsp3) is 1.00. The highest BCUT2D eigenvalue weighted by Crippen LogP contribution is 2.37. The molecule has 0 aliphatic rings. The number of hydrogen-bond acceptors (Lipinski definition) is 2. The van der Waals surface area contributed by atoms with Gasteiger partial charge in [0.15, 0.2) is 9.84 Å². The Labute approximate surface area is 108 Å². The van der Waals surface area contributed by atoms with E-state index in [4.69, 9.17) is 0 Å². The van der Waals surface area contributed by atoms with E-state index >= 15 is 0 Å². The van der Waals surface area contributed by atoms with Crippen molar-refractivity contribution in [3.8, 4) is 0 Å². The quantitative estimate of drug-likeness (QED) is 0.766. The zero-order valence-corrected chi connectivity index (χ0v) is 13.6. The Kier molecular flexibility index (Phi) is 5.28. The minimum absolute atomic E-state index is 0.188. The van der Waals surface area contributed by atoms with Crippen LogP contribution in [0.25, 0.3) is 0 Å². The number of rotatable bonds is 4. The van der Waals surface area contributed by atoms with Crippen LogP contribution in [-0.2, 0) is 9.84 Å². The molecule has 0 aromatic heterocycles. The van der Waals surface area contributed by atoms with Gasteiger partial charge in [-0.05, 0) is 23.7 Å². The Morgan fingerprint density at radius 2 is 1.00 bits per heavy atom. The van der Waals surface area contributed by atoms with Crippen LogP contribution in [0.5, 0.6) is 0 Å². The van der Waals surface area contributed by atoms with Gasteiger partial charge in [-0.15, -0.1) is 0 Å². The van der Waals surface area contributed by atoms with Crippen molar-refractivity contribution in [2.45, 2.75) is 78.7 Å². The third-order valence-corrected chi connectivity index (χ3v) is 7.13. The molecule has 2 atom stereocenters. The first-order valence-electron chi connectivity index (χ1n) is 6.61. The summed E-state index contributed by atoms with van der Waals surface area (Å²) in [6, 6.07) is 0. The van der Waals surface area contributed by atoms with Gasteiger partial charge in [-0.2, -0.15) is 0 Å². The fourth-order valence-corrected chi connectivity index (χ4v) is 6.17. The predicted octanol–water partition coefficient (Wildman–Crippen LogP) is 4.05. The maximum absolute atomic E-state index is 12.8. The maximum atomic E-state index is 12.8. The molecule has 2 nitrogen and oxygen atoms in total. The van der Waals surface area contributed by atoms with Crippen LogP contribution in [0.1, 0.15) is 68.2 Å². The van der Waals surface area contributed by atoms with Crippen molar-refractivity contribution in [1.82, 2.24) is 0 Å². The van der Waals surface area contributed by atoms with Crippen molar-refractivity contribution in [2.75, 3.05) is 0 Å². The molecule has 0 heterocycles. The average molecular weight is 262 g/mol. The van der Waals surface area contributed by atoms with Gasteiger partial charge >= 0.3 is 0 Å². The minimum atomic E-state index is -3.08. The lowest BCUT2D eigenvalue weighted by molar-refractivity contribution is 0.335. The monoisotopic (exact) mass is 262 g/mol. The molecule has 0 aliphatic carbocycles. The lowest BCUT2D eigenvalue weighted by Crippen LogP contribution is -2.45. The van der Waals surface area contributed by atoms with E-state index in [2.05, 4.69) is 0 Å². The molecule has 3 heteroatoms. The first-order chi connectivity index (χ1) is 7.39. The largest absolute Gasteiger partial charge is 0.228 e. The lowest BCUT2D eigenvalue weighted by atomic mass is 9.89. The van der Waals surface area contributed by atoms with E-state index in [0.717, 1.165) is 0 Å². The summed E-state index contributed by atoms with van der Waals surface area (Å²) in [7, 11) is -3.08. The molecule has 0 saturated heterocycles. The van der Waals surface area contributed by atoms with Crippen LogP contribution in [0.2, 0.25) is 0 Å². The zero-order chi connectivity index (χ0) is 14.1. The van der Waals surface area contributed by atoms with E-state index in [-0.39, 0.29) is 21.3 Å². The van der Waals surface area contributed by atoms with Gasteiger partial charge in [0, 0.05) is 0 Å². The molecule has 0 fully saturated rings. The topological polar surface area (TPSA) is 34.1 Å². The minimum Gasteiger partial charge on any atom is -0.228 e. The number of hydrogen-bond donors (Lipinski definition) is 0. The van der Waals surface area contributed by atoms with Gasteiger partial charge in [-0.25, -0.2) is 8.42 Å². The van der Waals surface area contributed by atoms with Crippen molar-refractivity contribution in [1.29, 1.82) is 0 Å². The van der Waals surface area contributed by atoms with Gasteiger partial charge in [0.05, 0.1) is 10.5 Å². The highest BCUT2D eigenvalue weighted by Gasteiger charge is 2.43. The van der Waals surface area contributed by atoms with Gasteiger partial charge in [-0.3, -0.25) is 0 Å². The fourth-order valence-electron chi connectivity index (χ4n) is 2.87. The van der Waals surface area contributed by atoms with Gasteiger partial charge in [0.2, 0.25) is 0 Å². The summed E-state index contributed by atoms with van der Waals surface area (Å²) in [5.41, 5.74) is -0.376. The molecule has 0 amide bonds. The molecule has 0 rings (SSSR count). The van der Waals surface area contributed by atoms with E-state index in [1.165, 1.54) is 0 Å². The van der Waals surface area contributed by atoms with Crippen molar-refractivity contribution in [3.63, 3.8) is 0 Å². The molecule has 2 unspecified atom stereocenters. The van der Waals surface area contributed by atoms with E-state index in [0.29, 0.717) is 12.8 Å². The third-order valence-electron chi connectivity index (χ3n) is 3.47. The lowest BCUT2D eigenvalue weighted by Gasteiger charge is -2.37. The van der Waals surface area contributed by atoms with Crippen molar-refractivity contribution >= 4 is 9.84 Å². The summed E-state index contributed by atoms with van der Waals surface area (Å²) in [6.45, 7) is 16.1. The van der Waals surface area contributed by atoms with Crippen molar-refractivity contribution in [3.05, 3.63) is 0 Å². The van der Waals surface area contributed by atoms with Gasteiger partial charge < -0.3 is 0 Å². The van der Waals surface area contributed by atoms with Crippen molar-refractivity contribution < 1.29 is 8.42 Å². The number of sulfone groups is 1. The highest BCUT2D eigenvalue weighted by molar-refractivity contribution is 7.92. The Balaban J connectivity index is 5.52. The second-order valence-electron chi connectivity index (χ2n) is 7.11. The maximum Gasteiger partial charge on any atom is 0.157 e. The standard InChI is InChI=1S/C14H30O2S/c1-9-11(13(3,4)5)17(15,16)12(10-2)14(6,7)8/h11-12H,9-10H2,1-8H3. The van der Waals surface area contributed by atoms with Crippen LogP contribution in [0.4, 0.5) is 0 Å². The summed E-state index contributed by atoms with van der Waals surface area (Å²) < 4.78 is 25.6. The second-order valence-corrected chi connectivity index (χ2v) is 9.43. The molecule has 0 aromatic carbocycles. The molecule has 0 bridgehead atoms. The van der Waals surface area contributed by atoms with E-state index in [9.17, 15) is 8.42 Å². The van der Waals surface area contributed by atoms with Crippen LogP contribution in [-0.4, -0.2) is 18.9 Å². The molecule has 0 aromatic rings. The molecular formula is C14H30O2S. The molecule has 0 spiro atoms.